The maximum Gasteiger partial charge on any atom is 0.323 e. The number of ether oxygens (including phenoxy) is 2. The van der Waals surface area contributed by atoms with Gasteiger partial charge in [0.05, 0.1) is 54.0 Å². The maximum absolute atomic E-state index is 13.8. The molecule has 264 valence electrons. The lowest BCUT2D eigenvalue weighted by Crippen LogP contribution is -2.35. The average molecular weight is 696 g/mol. The van der Waals surface area contributed by atoms with Crippen molar-refractivity contribution in [2.45, 2.75) is 60.8 Å². The second kappa shape index (κ2) is 13.1. The number of esters is 2. The second-order valence-corrected chi connectivity index (χ2v) is 13.8. The van der Waals surface area contributed by atoms with Crippen LogP contribution in [0.2, 0.25) is 0 Å². The Kier molecular flexibility index (Phi) is 8.69. The van der Waals surface area contributed by atoms with Crippen LogP contribution < -0.4 is 5.32 Å². The monoisotopic (exact) mass is 695 g/mol. The van der Waals surface area contributed by atoms with Crippen molar-refractivity contribution < 1.29 is 24.2 Å². The number of allylic oxidation sites excluding steroid dienone is 11. The van der Waals surface area contributed by atoms with E-state index >= 15 is 0 Å². The Morgan fingerprint density at radius 3 is 2.42 bits per heavy atom. The lowest BCUT2D eigenvalue weighted by atomic mass is 9.78. The van der Waals surface area contributed by atoms with Gasteiger partial charge in [-0.1, -0.05) is 25.7 Å². The number of fused-ring (bicyclic) bond motifs is 5. The van der Waals surface area contributed by atoms with Gasteiger partial charge in [0, 0.05) is 58.8 Å². The fraction of sp³-hybridized carbons (Fsp3) is 0.333. The molecule has 0 saturated carbocycles. The largest absolute Gasteiger partial charge is 0.510 e. The molecule has 6 aliphatic rings. The van der Waals surface area contributed by atoms with Gasteiger partial charge >= 0.3 is 11.9 Å². The van der Waals surface area contributed by atoms with Gasteiger partial charge in [0.25, 0.3) is 0 Å². The number of aliphatic imine (C=N–C) groups is 3. The predicted octanol–water partition coefficient (Wildman–Crippen LogP) is 6.85. The van der Waals surface area contributed by atoms with E-state index in [-0.39, 0.29) is 30.0 Å². The molecule has 2 N–H and O–H groups in total. The van der Waals surface area contributed by atoms with Gasteiger partial charge in [0.15, 0.2) is 5.41 Å². The summed E-state index contributed by atoms with van der Waals surface area (Å²) in [6, 6.07) is 3.78. The zero-order valence-electron chi connectivity index (χ0n) is 30.7. The minimum absolute atomic E-state index is 0.118. The van der Waals surface area contributed by atoms with Crippen LogP contribution in [0.15, 0.2) is 131 Å². The number of hydrogen-bond acceptors (Lipinski definition) is 10. The van der Waals surface area contributed by atoms with Crippen molar-refractivity contribution in [3.05, 3.63) is 122 Å². The van der Waals surface area contributed by atoms with Gasteiger partial charge < -0.3 is 19.9 Å². The number of rotatable bonds is 5. The number of methoxy groups -OCH3 is 2. The summed E-state index contributed by atoms with van der Waals surface area (Å²) in [6.07, 6.45) is 10.8. The van der Waals surface area contributed by atoms with E-state index in [1.165, 1.54) is 14.2 Å². The highest BCUT2D eigenvalue weighted by molar-refractivity contribution is 6.25. The molecule has 1 saturated heterocycles. The smallest absolute Gasteiger partial charge is 0.323 e. The molecule has 8 bridgehead atoms. The van der Waals surface area contributed by atoms with E-state index in [0.717, 1.165) is 62.7 Å². The lowest BCUT2D eigenvalue weighted by molar-refractivity contribution is -0.148. The standard InChI is InChI=1S/C42H41N5O5/c1-9-26-21(2)30-18-34-27(13-12-25-11-10-16-43-20-25)22(3)29(45-34)17-31-23(4)28(14-15-35(48)51-7)38(46-31)37-39-36(40(49)42(37,6)41(50)52-8)24(5)32(47-39)19-33(26)44-30/h10-11,16-20,23,28,46,49H,9,14-15H2,1-8H3/t23-,28-,42-/m0/s1. The van der Waals surface area contributed by atoms with Gasteiger partial charge in [-0.25, -0.2) is 15.0 Å². The van der Waals surface area contributed by atoms with E-state index in [1.807, 2.05) is 44.2 Å². The number of aliphatic hydroxyl groups excluding tert-OH is 1. The number of pyridine rings is 1. The Morgan fingerprint density at radius 2 is 1.73 bits per heavy atom. The SMILES string of the molecule is CCC1=C(C)C2=NC1=CC1=C(C)C3=C(O)[C@@](C)(C(=O)OC)C(=C4NC(=CC5=NC(=C2)C(C#Cc2cccnc2)=C5C)[C@@H](C)[C@@H]4CCC(=O)OC)C3=N1. The molecule has 5 aliphatic heterocycles. The van der Waals surface area contributed by atoms with E-state index in [9.17, 15) is 14.7 Å². The molecule has 7 rings (SSSR count). The van der Waals surface area contributed by atoms with Crippen LogP contribution in [0, 0.1) is 29.1 Å². The minimum Gasteiger partial charge on any atom is -0.510 e. The highest BCUT2D eigenvalue weighted by Gasteiger charge is 2.57. The first-order valence-electron chi connectivity index (χ1n) is 17.5. The van der Waals surface area contributed by atoms with Crippen LogP contribution in [-0.2, 0) is 19.1 Å². The van der Waals surface area contributed by atoms with Crippen molar-refractivity contribution >= 4 is 29.1 Å². The quantitative estimate of drug-likeness (QED) is 0.254. The van der Waals surface area contributed by atoms with Crippen LogP contribution in [0.3, 0.4) is 0 Å². The van der Waals surface area contributed by atoms with Crippen molar-refractivity contribution in [2.75, 3.05) is 14.2 Å². The van der Waals surface area contributed by atoms with E-state index in [1.54, 1.807) is 19.3 Å². The van der Waals surface area contributed by atoms with Crippen LogP contribution in [0.1, 0.15) is 66.4 Å². The molecule has 0 unspecified atom stereocenters. The van der Waals surface area contributed by atoms with Crippen LogP contribution >= 0.6 is 0 Å². The van der Waals surface area contributed by atoms with Crippen molar-refractivity contribution in [3.8, 4) is 11.8 Å². The van der Waals surface area contributed by atoms with Crippen LogP contribution in [-0.4, -0.2) is 53.4 Å². The Bertz CT molecular complexity index is 2280. The summed E-state index contributed by atoms with van der Waals surface area (Å²) in [5, 5.41) is 15.6. The maximum atomic E-state index is 13.8. The Morgan fingerprint density at radius 1 is 0.981 bits per heavy atom. The first kappa shape index (κ1) is 34.6. The zero-order valence-corrected chi connectivity index (χ0v) is 30.7. The third-order valence-corrected chi connectivity index (χ3v) is 11.0. The molecule has 0 radical (unpaired) electrons. The number of hydrogen-bond donors (Lipinski definition) is 2. The summed E-state index contributed by atoms with van der Waals surface area (Å²) in [6.45, 7) is 11.8. The molecule has 1 fully saturated rings. The highest BCUT2D eigenvalue weighted by atomic mass is 16.5. The molecule has 1 aromatic heterocycles. The number of aliphatic hydroxyl groups is 1. The van der Waals surface area contributed by atoms with Crippen LogP contribution in [0.25, 0.3) is 0 Å². The van der Waals surface area contributed by atoms with Crippen LogP contribution in [0.4, 0.5) is 0 Å². The summed E-state index contributed by atoms with van der Waals surface area (Å²) in [5.74, 6) is 5.17. The predicted molar refractivity (Wildman–Crippen MR) is 200 cm³/mol. The van der Waals surface area contributed by atoms with Gasteiger partial charge in [-0.05, 0) is 93.2 Å². The van der Waals surface area contributed by atoms with Gasteiger partial charge in [-0.3, -0.25) is 14.6 Å². The Labute approximate surface area is 303 Å². The second-order valence-electron chi connectivity index (χ2n) is 13.8. The number of carbonyl (C=O) groups excluding carboxylic acids is 2. The Hall–Kier alpha value is -5.82. The molecular weight excluding hydrogens is 654 g/mol. The van der Waals surface area contributed by atoms with Crippen molar-refractivity contribution in [1.29, 1.82) is 0 Å². The lowest BCUT2D eigenvalue weighted by Gasteiger charge is -2.27. The first-order valence-corrected chi connectivity index (χ1v) is 17.5. The van der Waals surface area contributed by atoms with Gasteiger partial charge in [-0.2, -0.15) is 0 Å². The molecule has 10 heteroatoms. The summed E-state index contributed by atoms with van der Waals surface area (Å²) >= 11 is 0. The minimum atomic E-state index is -1.55. The Balaban J connectivity index is 1.52. The molecule has 1 aliphatic carbocycles. The van der Waals surface area contributed by atoms with Gasteiger partial charge in [0.1, 0.15) is 5.76 Å². The summed E-state index contributed by atoms with van der Waals surface area (Å²) in [7, 11) is 2.69. The average Bonchev–Trinajstić information content (AvgIpc) is 3.86. The number of nitrogens with one attached hydrogen (secondary N) is 1. The number of nitrogens with zero attached hydrogens (tertiary/aromatic N) is 4. The molecule has 1 aromatic rings. The molecule has 6 heterocycles. The fourth-order valence-corrected chi connectivity index (χ4v) is 7.90. The molecule has 0 amide bonds. The molecule has 10 nitrogen and oxygen atoms in total. The summed E-state index contributed by atoms with van der Waals surface area (Å²) < 4.78 is 10.4. The van der Waals surface area contributed by atoms with Crippen molar-refractivity contribution in [2.24, 2.45) is 32.2 Å². The van der Waals surface area contributed by atoms with Crippen molar-refractivity contribution in [1.82, 2.24) is 10.3 Å². The molecular formula is C42H41N5O5. The van der Waals surface area contributed by atoms with Crippen LogP contribution in [0.5, 0.6) is 0 Å². The fourth-order valence-electron chi connectivity index (χ4n) is 7.90. The van der Waals surface area contributed by atoms with E-state index in [0.29, 0.717) is 40.4 Å². The number of carbonyl (C=O) groups is 2. The van der Waals surface area contributed by atoms with Gasteiger partial charge in [0.2, 0.25) is 0 Å². The molecule has 0 spiro atoms. The van der Waals surface area contributed by atoms with Gasteiger partial charge in [-0.15, -0.1) is 0 Å². The van der Waals surface area contributed by atoms with E-state index in [4.69, 9.17) is 24.5 Å². The van der Waals surface area contributed by atoms with E-state index < -0.39 is 11.4 Å². The summed E-state index contributed by atoms with van der Waals surface area (Å²) in [4.78, 5) is 45.8. The highest BCUT2D eigenvalue weighted by Crippen LogP contribution is 2.54. The van der Waals surface area contributed by atoms with Crippen molar-refractivity contribution in [3.63, 3.8) is 0 Å². The topological polar surface area (TPSA) is 135 Å². The normalized spacial score (nSPS) is 24.6. The zero-order chi connectivity index (χ0) is 37.1. The first-order chi connectivity index (χ1) is 24.9. The third-order valence-electron chi connectivity index (χ3n) is 11.0. The number of aromatic nitrogens is 1. The molecule has 52 heavy (non-hydrogen) atoms. The molecule has 3 atom stereocenters. The molecule has 0 aromatic carbocycles. The van der Waals surface area contributed by atoms with E-state index in [2.05, 4.69) is 42.9 Å². The third kappa shape index (κ3) is 5.34. The summed E-state index contributed by atoms with van der Waals surface area (Å²) in [5.41, 5.74) is 10.5.